The molecule has 0 aliphatic carbocycles. The van der Waals surface area contributed by atoms with Gasteiger partial charge in [0, 0.05) is 32.8 Å². The second kappa shape index (κ2) is 9.24. The Morgan fingerprint density at radius 2 is 1.88 bits per heavy atom. The molecule has 1 aliphatic heterocycles. The van der Waals surface area contributed by atoms with E-state index in [2.05, 4.69) is 5.32 Å². The van der Waals surface area contributed by atoms with E-state index < -0.39 is 0 Å². The summed E-state index contributed by atoms with van der Waals surface area (Å²) in [6.07, 6.45) is 5.60. The van der Waals surface area contributed by atoms with E-state index in [1.54, 1.807) is 0 Å². The van der Waals surface area contributed by atoms with E-state index >= 15 is 0 Å². The molecule has 0 saturated carbocycles. The molecular weight excluding hydrogens is 218 g/mol. The van der Waals surface area contributed by atoms with Crippen molar-refractivity contribution >= 4 is 6.03 Å². The van der Waals surface area contributed by atoms with Crippen molar-refractivity contribution in [3.8, 4) is 0 Å². The molecule has 1 rings (SSSR count). The Hall–Kier alpha value is -0.810. The molecule has 0 aromatic rings. The fraction of sp³-hybridized carbons (Fsp3) is 0.917. The van der Waals surface area contributed by atoms with E-state index in [4.69, 9.17) is 10.5 Å². The number of urea groups is 1. The highest BCUT2D eigenvalue weighted by molar-refractivity contribution is 5.74. The number of likely N-dealkylation sites (tertiary alicyclic amines) is 1. The molecule has 1 saturated heterocycles. The number of rotatable bonds is 6. The van der Waals surface area contributed by atoms with Crippen molar-refractivity contribution in [2.24, 2.45) is 5.73 Å². The van der Waals surface area contributed by atoms with Gasteiger partial charge in [0.25, 0.3) is 0 Å². The van der Waals surface area contributed by atoms with Crippen LogP contribution in [0.2, 0.25) is 0 Å². The van der Waals surface area contributed by atoms with Gasteiger partial charge in [-0.1, -0.05) is 12.8 Å². The summed E-state index contributed by atoms with van der Waals surface area (Å²) < 4.78 is 5.24. The topological polar surface area (TPSA) is 67.6 Å². The summed E-state index contributed by atoms with van der Waals surface area (Å²) in [5.41, 5.74) is 5.30. The molecule has 5 nitrogen and oxygen atoms in total. The number of carbonyl (C=O) groups excluding carboxylic acids is 1. The highest BCUT2D eigenvalue weighted by Crippen LogP contribution is 2.09. The zero-order chi connectivity index (χ0) is 12.3. The van der Waals surface area contributed by atoms with E-state index in [1.807, 2.05) is 4.90 Å². The summed E-state index contributed by atoms with van der Waals surface area (Å²) in [6.45, 7) is 4.29. The third-order valence-corrected chi connectivity index (χ3v) is 2.90. The monoisotopic (exact) mass is 243 g/mol. The molecule has 0 radical (unpaired) electrons. The van der Waals surface area contributed by atoms with E-state index in [1.165, 1.54) is 12.8 Å². The molecule has 0 aromatic carbocycles. The van der Waals surface area contributed by atoms with Gasteiger partial charge in [0.2, 0.25) is 0 Å². The van der Waals surface area contributed by atoms with Gasteiger partial charge < -0.3 is 20.7 Å². The van der Waals surface area contributed by atoms with Crippen molar-refractivity contribution in [1.29, 1.82) is 0 Å². The zero-order valence-electron chi connectivity index (χ0n) is 10.6. The van der Waals surface area contributed by atoms with E-state index in [0.717, 1.165) is 32.4 Å². The van der Waals surface area contributed by atoms with Crippen molar-refractivity contribution < 1.29 is 9.53 Å². The standard InChI is InChI=1S/C12H25N3O2/c13-6-11-17-10-5-7-14-12(16)15-8-3-1-2-4-9-15/h1-11,13H2,(H,14,16). The van der Waals surface area contributed by atoms with E-state index in [9.17, 15) is 4.79 Å². The average Bonchev–Trinajstić information content (AvgIpc) is 2.62. The van der Waals surface area contributed by atoms with Crippen molar-refractivity contribution in [2.75, 3.05) is 39.4 Å². The predicted octanol–water partition coefficient (Wildman–Crippen LogP) is 0.937. The molecular formula is C12H25N3O2. The first-order chi connectivity index (χ1) is 8.34. The molecule has 1 aliphatic rings. The minimum absolute atomic E-state index is 0.0747. The summed E-state index contributed by atoms with van der Waals surface area (Å²) in [7, 11) is 0. The number of amides is 2. The molecule has 100 valence electrons. The second-order valence-corrected chi connectivity index (χ2v) is 4.39. The van der Waals surface area contributed by atoms with Crippen LogP contribution >= 0.6 is 0 Å². The fourth-order valence-electron chi connectivity index (χ4n) is 1.94. The van der Waals surface area contributed by atoms with Crippen molar-refractivity contribution in [3.05, 3.63) is 0 Å². The van der Waals surface area contributed by atoms with Gasteiger partial charge in [0.05, 0.1) is 6.61 Å². The molecule has 0 spiro atoms. The van der Waals surface area contributed by atoms with Gasteiger partial charge in [-0.2, -0.15) is 0 Å². The van der Waals surface area contributed by atoms with Crippen molar-refractivity contribution in [2.45, 2.75) is 32.1 Å². The highest BCUT2D eigenvalue weighted by Gasteiger charge is 2.14. The SMILES string of the molecule is NCCOCCCNC(=O)N1CCCCCC1. The number of hydrogen-bond donors (Lipinski definition) is 2. The third kappa shape index (κ3) is 6.48. The van der Waals surface area contributed by atoms with Crippen LogP contribution in [0.25, 0.3) is 0 Å². The minimum Gasteiger partial charge on any atom is -0.380 e. The van der Waals surface area contributed by atoms with Crippen LogP contribution in [0.5, 0.6) is 0 Å². The van der Waals surface area contributed by atoms with Gasteiger partial charge in [-0.3, -0.25) is 0 Å². The molecule has 1 fully saturated rings. The minimum atomic E-state index is 0.0747. The lowest BCUT2D eigenvalue weighted by molar-refractivity contribution is 0.138. The van der Waals surface area contributed by atoms with Crippen LogP contribution < -0.4 is 11.1 Å². The number of nitrogens with zero attached hydrogens (tertiary/aromatic N) is 1. The van der Waals surface area contributed by atoms with Crippen molar-refractivity contribution in [3.63, 3.8) is 0 Å². The van der Waals surface area contributed by atoms with Crippen LogP contribution in [0.15, 0.2) is 0 Å². The predicted molar refractivity (Wildman–Crippen MR) is 67.9 cm³/mol. The van der Waals surface area contributed by atoms with Crippen LogP contribution in [0.1, 0.15) is 32.1 Å². The molecule has 0 atom stereocenters. The van der Waals surface area contributed by atoms with Crippen LogP contribution in [-0.4, -0.2) is 50.3 Å². The normalized spacial score (nSPS) is 16.6. The summed E-state index contributed by atoms with van der Waals surface area (Å²) in [6, 6.07) is 0.0747. The molecule has 0 bridgehead atoms. The third-order valence-electron chi connectivity index (χ3n) is 2.90. The average molecular weight is 243 g/mol. The molecule has 1 heterocycles. The number of nitrogens with one attached hydrogen (secondary N) is 1. The molecule has 2 amide bonds. The van der Waals surface area contributed by atoms with Gasteiger partial charge in [-0.05, 0) is 19.3 Å². The molecule has 17 heavy (non-hydrogen) atoms. The zero-order valence-corrected chi connectivity index (χ0v) is 10.6. The van der Waals surface area contributed by atoms with Gasteiger partial charge in [0.1, 0.15) is 0 Å². The van der Waals surface area contributed by atoms with Crippen LogP contribution in [0.3, 0.4) is 0 Å². The summed E-state index contributed by atoms with van der Waals surface area (Å²) in [5, 5.41) is 2.93. The molecule has 0 unspecified atom stereocenters. The Labute approximate surface area is 104 Å². The first-order valence-corrected chi connectivity index (χ1v) is 6.65. The molecule has 3 N–H and O–H groups in total. The van der Waals surface area contributed by atoms with E-state index in [-0.39, 0.29) is 6.03 Å². The van der Waals surface area contributed by atoms with Gasteiger partial charge in [0.15, 0.2) is 0 Å². The lowest BCUT2D eigenvalue weighted by Gasteiger charge is -2.20. The van der Waals surface area contributed by atoms with Gasteiger partial charge >= 0.3 is 6.03 Å². The van der Waals surface area contributed by atoms with Crippen LogP contribution in [-0.2, 0) is 4.74 Å². The maximum atomic E-state index is 11.8. The van der Waals surface area contributed by atoms with Gasteiger partial charge in [-0.25, -0.2) is 4.79 Å². The Morgan fingerprint density at radius 1 is 1.18 bits per heavy atom. The Bertz CT molecular complexity index is 204. The quantitative estimate of drug-likeness (QED) is 0.682. The Balaban J connectivity index is 2.03. The lowest BCUT2D eigenvalue weighted by atomic mass is 10.2. The highest BCUT2D eigenvalue weighted by atomic mass is 16.5. The maximum Gasteiger partial charge on any atom is 0.317 e. The van der Waals surface area contributed by atoms with Crippen molar-refractivity contribution in [1.82, 2.24) is 10.2 Å². The number of nitrogens with two attached hydrogens (primary N) is 1. The van der Waals surface area contributed by atoms with Crippen LogP contribution in [0.4, 0.5) is 4.79 Å². The largest absolute Gasteiger partial charge is 0.380 e. The fourth-order valence-corrected chi connectivity index (χ4v) is 1.94. The maximum absolute atomic E-state index is 11.8. The number of ether oxygens (including phenoxy) is 1. The smallest absolute Gasteiger partial charge is 0.317 e. The molecule has 0 aromatic heterocycles. The number of hydrogen-bond acceptors (Lipinski definition) is 3. The first-order valence-electron chi connectivity index (χ1n) is 6.65. The lowest BCUT2D eigenvalue weighted by Crippen LogP contribution is -2.41. The summed E-state index contributed by atoms with van der Waals surface area (Å²) in [4.78, 5) is 13.7. The first kappa shape index (κ1) is 14.3. The Kier molecular flexibility index (Phi) is 7.75. The molecule has 5 heteroatoms. The number of carbonyl (C=O) groups is 1. The Morgan fingerprint density at radius 3 is 2.53 bits per heavy atom. The summed E-state index contributed by atoms with van der Waals surface area (Å²) >= 11 is 0. The van der Waals surface area contributed by atoms with Gasteiger partial charge in [-0.15, -0.1) is 0 Å². The second-order valence-electron chi connectivity index (χ2n) is 4.39. The van der Waals surface area contributed by atoms with Crippen LogP contribution in [0, 0.1) is 0 Å². The van der Waals surface area contributed by atoms with E-state index in [0.29, 0.717) is 26.3 Å². The summed E-state index contributed by atoms with van der Waals surface area (Å²) in [5.74, 6) is 0.